The first-order valence-corrected chi connectivity index (χ1v) is 18.8. The maximum absolute atomic E-state index is 2.48. The van der Waals surface area contributed by atoms with Gasteiger partial charge in [0.15, 0.2) is 0 Å². The van der Waals surface area contributed by atoms with Crippen molar-refractivity contribution in [1.82, 2.24) is 0 Å². The van der Waals surface area contributed by atoms with Crippen LogP contribution < -0.4 is 0 Å². The van der Waals surface area contributed by atoms with Crippen LogP contribution in [0.25, 0.3) is 120 Å². The molecule has 12 aromatic rings. The molecule has 12 aromatic carbocycles. The van der Waals surface area contributed by atoms with Crippen LogP contribution in [0.3, 0.4) is 0 Å². The highest BCUT2D eigenvalue weighted by molar-refractivity contribution is 6.31. The van der Waals surface area contributed by atoms with Crippen molar-refractivity contribution in [1.29, 1.82) is 0 Å². The summed E-state index contributed by atoms with van der Waals surface area (Å²) < 4.78 is 0. The Bertz CT molecular complexity index is 3470. The summed E-state index contributed by atoms with van der Waals surface area (Å²) in [6.07, 6.45) is 0. The molecule has 0 N–H and O–H groups in total. The lowest BCUT2D eigenvalue weighted by atomic mass is 9.81. The first kappa shape index (κ1) is 29.5. The van der Waals surface area contributed by atoms with E-state index in [9.17, 15) is 0 Å². The number of hydrogen-bond acceptors (Lipinski definition) is 0. The van der Waals surface area contributed by atoms with E-state index in [0.29, 0.717) is 0 Å². The van der Waals surface area contributed by atoms with E-state index in [2.05, 4.69) is 194 Å². The first-order chi connectivity index (χ1) is 26.8. The fraction of sp³-hybridized carbons (Fsp3) is 0. The van der Waals surface area contributed by atoms with Crippen LogP contribution in [-0.4, -0.2) is 0 Å². The SMILES string of the molecule is c1ccc2c(-c3ccc4c(-c5cc6ccccc6c6ccccc56)c5ccccc5c(-c5ccc6ccc7cccc8ccc5c6c78)c4c3)cccc2c1. The quantitative estimate of drug-likeness (QED) is 0.129. The summed E-state index contributed by atoms with van der Waals surface area (Å²) in [5, 5.41) is 20.5. The molecule has 0 radical (unpaired) electrons. The van der Waals surface area contributed by atoms with Gasteiger partial charge in [-0.2, -0.15) is 0 Å². The number of benzene rings is 12. The molecule has 0 atom stereocenters. The summed E-state index contributed by atoms with van der Waals surface area (Å²) in [7, 11) is 0. The fourth-order valence-electron chi connectivity index (χ4n) is 9.62. The summed E-state index contributed by atoms with van der Waals surface area (Å²) in [5.41, 5.74) is 7.59. The Labute approximate surface area is 312 Å². The summed E-state index contributed by atoms with van der Waals surface area (Å²) in [6, 6.07) is 72.6. The van der Waals surface area contributed by atoms with Crippen LogP contribution in [0.4, 0.5) is 0 Å². The third-order valence-electron chi connectivity index (χ3n) is 12.0. The molecule has 0 heterocycles. The molecule has 0 nitrogen and oxygen atoms in total. The normalized spacial score (nSPS) is 12.1. The monoisotopic (exact) mass is 680 g/mol. The molecule has 0 bridgehead atoms. The fourth-order valence-corrected chi connectivity index (χ4v) is 9.62. The van der Waals surface area contributed by atoms with Gasteiger partial charge in [0, 0.05) is 0 Å². The van der Waals surface area contributed by atoms with Crippen molar-refractivity contribution in [3.05, 3.63) is 194 Å². The van der Waals surface area contributed by atoms with Crippen molar-refractivity contribution in [3.8, 4) is 33.4 Å². The van der Waals surface area contributed by atoms with Crippen LogP contribution in [0.1, 0.15) is 0 Å². The zero-order valence-corrected chi connectivity index (χ0v) is 29.5. The molecule has 0 aliphatic heterocycles. The van der Waals surface area contributed by atoms with Gasteiger partial charge in [-0.15, -0.1) is 0 Å². The van der Waals surface area contributed by atoms with Crippen molar-refractivity contribution < 1.29 is 0 Å². The molecule has 0 amide bonds. The summed E-state index contributed by atoms with van der Waals surface area (Å²) in [4.78, 5) is 0. The highest BCUT2D eigenvalue weighted by Crippen LogP contribution is 2.50. The Morgan fingerprint density at radius 3 is 1.52 bits per heavy atom. The van der Waals surface area contributed by atoms with Crippen LogP contribution >= 0.6 is 0 Å². The van der Waals surface area contributed by atoms with E-state index in [1.54, 1.807) is 0 Å². The highest BCUT2D eigenvalue weighted by Gasteiger charge is 2.22. The molecule has 54 heavy (non-hydrogen) atoms. The van der Waals surface area contributed by atoms with Gasteiger partial charge in [-0.05, 0) is 132 Å². The predicted octanol–water partition coefficient (Wildman–Crippen LogP) is 15.4. The van der Waals surface area contributed by atoms with Gasteiger partial charge in [0.05, 0.1) is 0 Å². The van der Waals surface area contributed by atoms with E-state index in [0.717, 1.165) is 0 Å². The molecule has 0 aliphatic rings. The smallest absolute Gasteiger partial charge is 0.00199 e. The zero-order chi connectivity index (χ0) is 35.3. The maximum atomic E-state index is 2.48. The van der Waals surface area contributed by atoms with E-state index in [4.69, 9.17) is 0 Å². The topological polar surface area (TPSA) is 0 Å². The third kappa shape index (κ3) is 4.14. The van der Waals surface area contributed by atoms with E-state index >= 15 is 0 Å². The Morgan fingerprint density at radius 2 is 0.722 bits per heavy atom. The minimum Gasteiger partial charge on any atom is -0.0616 e. The van der Waals surface area contributed by atoms with Crippen LogP contribution in [-0.2, 0) is 0 Å². The second-order valence-corrected chi connectivity index (χ2v) is 14.7. The average Bonchev–Trinajstić information content (AvgIpc) is 3.24. The van der Waals surface area contributed by atoms with Gasteiger partial charge in [0.25, 0.3) is 0 Å². The second kappa shape index (κ2) is 11.2. The molecule has 0 aromatic heterocycles. The Balaban J connectivity index is 1.28. The molecule has 0 heteroatoms. The minimum atomic E-state index is 1.22. The summed E-state index contributed by atoms with van der Waals surface area (Å²) in [5.74, 6) is 0. The summed E-state index contributed by atoms with van der Waals surface area (Å²) in [6.45, 7) is 0. The van der Waals surface area contributed by atoms with Crippen molar-refractivity contribution in [2.75, 3.05) is 0 Å². The van der Waals surface area contributed by atoms with Gasteiger partial charge < -0.3 is 0 Å². The Hall–Kier alpha value is -7.02. The molecule has 248 valence electrons. The molecule has 0 saturated carbocycles. The molecular formula is C54H32. The van der Waals surface area contributed by atoms with Gasteiger partial charge in [0.1, 0.15) is 0 Å². The van der Waals surface area contributed by atoms with E-state index in [1.165, 1.54) is 120 Å². The van der Waals surface area contributed by atoms with Crippen molar-refractivity contribution >= 4 is 86.2 Å². The van der Waals surface area contributed by atoms with Gasteiger partial charge >= 0.3 is 0 Å². The van der Waals surface area contributed by atoms with Gasteiger partial charge in [-0.1, -0.05) is 182 Å². The van der Waals surface area contributed by atoms with Crippen molar-refractivity contribution in [3.63, 3.8) is 0 Å². The molecule has 0 aliphatic carbocycles. The van der Waals surface area contributed by atoms with Crippen molar-refractivity contribution in [2.45, 2.75) is 0 Å². The average molecular weight is 681 g/mol. The lowest BCUT2D eigenvalue weighted by molar-refractivity contribution is 1.67. The highest BCUT2D eigenvalue weighted by atomic mass is 14.2. The zero-order valence-electron chi connectivity index (χ0n) is 29.5. The third-order valence-corrected chi connectivity index (χ3v) is 12.0. The molecule has 0 unspecified atom stereocenters. The standard InChI is InChI=1S/C54H32/c1-3-16-39-33(11-1)13-10-22-40(39)38-27-30-48-50(32-38)53(47-29-26-36-24-23-34-14-9-15-35-25-28-46(47)52(36)51(34)35)44-20-7-8-21-45(44)54(48)49-31-37-12-2-4-17-41(37)42-18-5-6-19-43(42)49/h1-32H. The number of fused-ring (bicyclic) bond motifs is 6. The molecule has 0 saturated heterocycles. The second-order valence-electron chi connectivity index (χ2n) is 14.7. The van der Waals surface area contributed by atoms with E-state index in [1.807, 2.05) is 0 Å². The molecule has 0 fully saturated rings. The molecule has 0 spiro atoms. The molecular weight excluding hydrogens is 649 g/mol. The number of rotatable bonds is 3. The van der Waals surface area contributed by atoms with Crippen LogP contribution in [0.15, 0.2) is 194 Å². The van der Waals surface area contributed by atoms with E-state index in [-0.39, 0.29) is 0 Å². The lowest BCUT2D eigenvalue weighted by Crippen LogP contribution is -1.94. The Morgan fingerprint density at radius 1 is 0.204 bits per heavy atom. The van der Waals surface area contributed by atoms with Crippen LogP contribution in [0, 0.1) is 0 Å². The molecule has 12 rings (SSSR count). The first-order valence-electron chi connectivity index (χ1n) is 18.8. The summed E-state index contributed by atoms with van der Waals surface area (Å²) >= 11 is 0. The minimum absolute atomic E-state index is 1.22. The van der Waals surface area contributed by atoms with Gasteiger partial charge in [-0.3, -0.25) is 0 Å². The van der Waals surface area contributed by atoms with E-state index < -0.39 is 0 Å². The largest absolute Gasteiger partial charge is 0.0616 e. The van der Waals surface area contributed by atoms with Gasteiger partial charge in [-0.25, -0.2) is 0 Å². The predicted molar refractivity (Wildman–Crippen MR) is 234 cm³/mol. The van der Waals surface area contributed by atoms with Crippen LogP contribution in [0.2, 0.25) is 0 Å². The Kier molecular flexibility index (Phi) is 6.15. The maximum Gasteiger partial charge on any atom is -0.00199 e. The number of hydrogen-bond donors (Lipinski definition) is 0. The van der Waals surface area contributed by atoms with Gasteiger partial charge in [0.2, 0.25) is 0 Å². The lowest BCUT2D eigenvalue weighted by Gasteiger charge is -2.22. The van der Waals surface area contributed by atoms with Crippen molar-refractivity contribution in [2.24, 2.45) is 0 Å². The van der Waals surface area contributed by atoms with Crippen LogP contribution in [0.5, 0.6) is 0 Å².